The van der Waals surface area contributed by atoms with E-state index >= 15 is 0 Å². The van der Waals surface area contributed by atoms with Crippen LogP contribution in [-0.4, -0.2) is 52.8 Å². The van der Waals surface area contributed by atoms with E-state index < -0.39 is 0 Å². The highest BCUT2D eigenvalue weighted by molar-refractivity contribution is 5.94. The largest absolute Gasteiger partial charge is 0.459 e. The van der Waals surface area contributed by atoms with Crippen molar-refractivity contribution in [2.75, 3.05) is 26.2 Å². The van der Waals surface area contributed by atoms with Crippen molar-refractivity contribution in [3.63, 3.8) is 0 Å². The van der Waals surface area contributed by atoms with Crippen molar-refractivity contribution < 1.29 is 14.0 Å². The molecule has 0 bridgehead atoms. The van der Waals surface area contributed by atoms with Crippen molar-refractivity contribution in [2.45, 2.75) is 0 Å². The number of hydrogen-bond acceptors (Lipinski definition) is 4. The molecule has 0 aliphatic carbocycles. The Morgan fingerprint density at radius 3 is 2.23 bits per heavy atom. The summed E-state index contributed by atoms with van der Waals surface area (Å²) in [4.78, 5) is 41.3. The number of amides is 2. The minimum Gasteiger partial charge on any atom is -0.459 e. The molecule has 1 saturated heterocycles. The van der Waals surface area contributed by atoms with Crippen molar-refractivity contribution >= 4 is 11.8 Å². The molecule has 114 valence electrons. The second kappa shape index (κ2) is 5.88. The third kappa shape index (κ3) is 2.78. The number of furan rings is 1. The zero-order valence-electron chi connectivity index (χ0n) is 11.8. The molecule has 0 spiro atoms. The molecule has 7 nitrogen and oxygen atoms in total. The first-order chi connectivity index (χ1) is 10.6. The lowest BCUT2D eigenvalue weighted by atomic mass is 10.2. The lowest BCUT2D eigenvalue weighted by Gasteiger charge is -2.34. The van der Waals surface area contributed by atoms with Gasteiger partial charge in [0, 0.05) is 38.4 Å². The SMILES string of the molecule is O=C(c1ccc(=O)[nH]c1)N1CCN(C(=O)c2ccco2)CC1. The van der Waals surface area contributed by atoms with Crippen molar-refractivity contribution in [3.05, 3.63) is 58.4 Å². The van der Waals surface area contributed by atoms with E-state index in [0.29, 0.717) is 37.5 Å². The molecule has 22 heavy (non-hydrogen) atoms. The first-order valence-electron chi connectivity index (χ1n) is 6.96. The Labute approximate surface area is 126 Å². The van der Waals surface area contributed by atoms with E-state index in [1.54, 1.807) is 21.9 Å². The highest BCUT2D eigenvalue weighted by Crippen LogP contribution is 2.11. The van der Waals surface area contributed by atoms with E-state index in [0.717, 1.165) is 0 Å². The first kappa shape index (κ1) is 14.1. The van der Waals surface area contributed by atoms with Crippen molar-refractivity contribution in [2.24, 2.45) is 0 Å². The summed E-state index contributed by atoms with van der Waals surface area (Å²) in [5, 5.41) is 0. The number of hydrogen-bond donors (Lipinski definition) is 1. The number of rotatable bonds is 2. The standard InChI is InChI=1S/C15H15N3O4/c19-13-4-3-11(10-16-13)14(20)17-5-7-18(8-6-17)15(21)12-2-1-9-22-12/h1-4,9-10H,5-8H2,(H,16,19). The molecule has 0 radical (unpaired) electrons. The fraction of sp³-hybridized carbons (Fsp3) is 0.267. The van der Waals surface area contributed by atoms with Crippen LogP contribution in [0.2, 0.25) is 0 Å². The fourth-order valence-corrected chi connectivity index (χ4v) is 2.39. The summed E-state index contributed by atoms with van der Waals surface area (Å²) in [5.41, 5.74) is 0.191. The summed E-state index contributed by atoms with van der Waals surface area (Å²) in [5.74, 6) is -0.0112. The summed E-state index contributed by atoms with van der Waals surface area (Å²) >= 11 is 0. The summed E-state index contributed by atoms with van der Waals surface area (Å²) in [6.07, 6.45) is 2.87. The molecule has 2 aromatic heterocycles. The third-order valence-corrected chi connectivity index (χ3v) is 3.62. The second-order valence-electron chi connectivity index (χ2n) is 5.00. The molecule has 1 aliphatic rings. The topological polar surface area (TPSA) is 86.6 Å². The molecule has 3 rings (SSSR count). The van der Waals surface area contributed by atoms with Gasteiger partial charge in [-0.1, -0.05) is 0 Å². The number of aromatic amines is 1. The number of H-pyrrole nitrogens is 1. The van der Waals surface area contributed by atoms with Gasteiger partial charge in [-0.3, -0.25) is 14.4 Å². The number of nitrogens with one attached hydrogen (secondary N) is 1. The van der Waals surface area contributed by atoms with Gasteiger partial charge in [-0.25, -0.2) is 0 Å². The minimum absolute atomic E-state index is 0.152. The molecule has 0 unspecified atom stereocenters. The van der Waals surface area contributed by atoms with E-state index in [2.05, 4.69) is 4.98 Å². The highest BCUT2D eigenvalue weighted by atomic mass is 16.3. The van der Waals surface area contributed by atoms with Crippen LogP contribution in [0, 0.1) is 0 Å². The molecule has 1 aliphatic heterocycles. The van der Waals surface area contributed by atoms with Crippen LogP contribution in [0.15, 0.2) is 45.9 Å². The van der Waals surface area contributed by atoms with Gasteiger partial charge in [-0.15, -0.1) is 0 Å². The van der Waals surface area contributed by atoms with Crippen LogP contribution < -0.4 is 5.56 Å². The summed E-state index contributed by atoms with van der Waals surface area (Å²) in [6, 6.07) is 6.12. The average molecular weight is 301 g/mol. The fourth-order valence-electron chi connectivity index (χ4n) is 2.39. The Kier molecular flexibility index (Phi) is 3.78. The van der Waals surface area contributed by atoms with E-state index in [4.69, 9.17) is 4.42 Å². The zero-order chi connectivity index (χ0) is 15.5. The number of carbonyl (C=O) groups is 2. The Hall–Kier alpha value is -2.83. The van der Waals surface area contributed by atoms with Gasteiger partial charge in [0.2, 0.25) is 5.56 Å². The molecule has 7 heteroatoms. The Bertz CT molecular complexity index is 707. The maximum atomic E-state index is 12.3. The number of aromatic nitrogens is 1. The molecular formula is C15H15N3O4. The predicted molar refractivity (Wildman–Crippen MR) is 77.6 cm³/mol. The average Bonchev–Trinajstić information content (AvgIpc) is 3.09. The van der Waals surface area contributed by atoms with E-state index in [1.807, 2.05) is 0 Å². The number of carbonyl (C=O) groups excluding carboxylic acids is 2. The van der Waals surface area contributed by atoms with Crippen molar-refractivity contribution in [1.82, 2.24) is 14.8 Å². The minimum atomic E-state index is -0.245. The molecule has 0 saturated carbocycles. The quantitative estimate of drug-likeness (QED) is 0.878. The predicted octanol–water partition coefficient (Wildman–Crippen LogP) is 0.566. The first-order valence-corrected chi connectivity index (χ1v) is 6.96. The lowest BCUT2D eigenvalue weighted by molar-refractivity contribution is 0.0518. The van der Waals surface area contributed by atoms with Gasteiger partial charge in [0.15, 0.2) is 5.76 Å². The van der Waals surface area contributed by atoms with Gasteiger partial charge in [-0.2, -0.15) is 0 Å². The van der Waals surface area contributed by atoms with Crippen LogP contribution in [0.1, 0.15) is 20.9 Å². The van der Waals surface area contributed by atoms with Crippen LogP contribution in [0.25, 0.3) is 0 Å². The molecule has 2 amide bonds. The number of piperazine rings is 1. The van der Waals surface area contributed by atoms with E-state index in [1.165, 1.54) is 24.6 Å². The van der Waals surface area contributed by atoms with Crippen LogP contribution in [0.3, 0.4) is 0 Å². The normalized spacial score (nSPS) is 14.9. The number of pyridine rings is 1. The van der Waals surface area contributed by atoms with Crippen LogP contribution in [0.4, 0.5) is 0 Å². The Morgan fingerprint density at radius 2 is 1.68 bits per heavy atom. The van der Waals surface area contributed by atoms with Gasteiger partial charge in [-0.05, 0) is 18.2 Å². The highest BCUT2D eigenvalue weighted by Gasteiger charge is 2.26. The Morgan fingerprint density at radius 1 is 1.00 bits per heavy atom. The van der Waals surface area contributed by atoms with Crippen molar-refractivity contribution in [1.29, 1.82) is 0 Å². The Balaban J connectivity index is 1.62. The molecule has 1 N–H and O–H groups in total. The molecule has 0 aromatic carbocycles. The smallest absolute Gasteiger partial charge is 0.289 e. The molecule has 1 fully saturated rings. The van der Waals surface area contributed by atoms with E-state index in [-0.39, 0.29) is 17.4 Å². The van der Waals surface area contributed by atoms with Crippen LogP contribution >= 0.6 is 0 Å². The van der Waals surface area contributed by atoms with Gasteiger partial charge in [0.1, 0.15) is 0 Å². The molecule has 2 aromatic rings. The molecule has 0 atom stereocenters. The summed E-state index contributed by atoms with van der Waals surface area (Å²) in [7, 11) is 0. The van der Waals surface area contributed by atoms with Gasteiger partial charge >= 0.3 is 0 Å². The van der Waals surface area contributed by atoms with Gasteiger partial charge in [0.05, 0.1) is 11.8 Å². The van der Waals surface area contributed by atoms with Gasteiger partial charge < -0.3 is 19.2 Å². The van der Waals surface area contributed by atoms with Crippen LogP contribution in [0.5, 0.6) is 0 Å². The van der Waals surface area contributed by atoms with Crippen LogP contribution in [-0.2, 0) is 0 Å². The summed E-state index contributed by atoms with van der Waals surface area (Å²) in [6.45, 7) is 1.80. The monoisotopic (exact) mass is 301 g/mol. The van der Waals surface area contributed by atoms with Gasteiger partial charge in [0.25, 0.3) is 11.8 Å². The molecule has 3 heterocycles. The van der Waals surface area contributed by atoms with E-state index in [9.17, 15) is 14.4 Å². The lowest BCUT2D eigenvalue weighted by Crippen LogP contribution is -2.50. The third-order valence-electron chi connectivity index (χ3n) is 3.62. The maximum Gasteiger partial charge on any atom is 0.289 e. The second-order valence-corrected chi connectivity index (χ2v) is 5.00. The molecular weight excluding hydrogens is 286 g/mol. The zero-order valence-corrected chi connectivity index (χ0v) is 11.8. The van der Waals surface area contributed by atoms with Crippen molar-refractivity contribution in [3.8, 4) is 0 Å². The number of nitrogens with zero attached hydrogens (tertiary/aromatic N) is 2. The maximum absolute atomic E-state index is 12.3. The summed E-state index contributed by atoms with van der Waals surface area (Å²) < 4.78 is 5.10.